The van der Waals surface area contributed by atoms with E-state index in [0.29, 0.717) is 30.2 Å². The minimum atomic E-state index is -1.32. The van der Waals surface area contributed by atoms with Crippen LogP contribution in [0.15, 0.2) is 42.5 Å². The van der Waals surface area contributed by atoms with Gasteiger partial charge in [0.05, 0.1) is 13.2 Å². The summed E-state index contributed by atoms with van der Waals surface area (Å²) in [5.41, 5.74) is 1.83. The number of carbonyl (C=O) groups is 2. The zero-order valence-electron chi connectivity index (χ0n) is 14.0. The van der Waals surface area contributed by atoms with Crippen molar-refractivity contribution in [1.82, 2.24) is 0 Å². The maximum Gasteiger partial charge on any atom is 0.347 e. The molecule has 1 aliphatic heterocycles. The second-order valence-corrected chi connectivity index (χ2v) is 6.33. The van der Waals surface area contributed by atoms with Crippen molar-refractivity contribution in [2.24, 2.45) is 0 Å². The van der Waals surface area contributed by atoms with E-state index in [9.17, 15) is 9.59 Å². The van der Waals surface area contributed by atoms with Crippen LogP contribution in [0.1, 0.15) is 35.3 Å². The van der Waals surface area contributed by atoms with Crippen molar-refractivity contribution >= 4 is 17.6 Å². The first-order valence-electron chi connectivity index (χ1n) is 7.89. The van der Waals surface area contributed by atoms with Crippen LogP contribution < -0.4 is 10.1 Å². The van der Waals surface area contributed by atoms with Crippen LogP contribution in [-0.4, -0.2) is 22.6 Å². The maximum atomic E-state index is 12.5. The molecule has 2 aromatic carbocycles. The summed E-state index contributed by atoms with van der Waals surface area (Å²) in [4.78, 5) is 23.6. The predicted molar refractivity (Wildman–Crippen MR) is 91.7 cm³/mol. The van der Waals surface area contributed by atoms with E-state index in [2.05, 4.69) is 5.32 Å². The number of rotatable bonds is 5. The van der Waals surface area contributed by atoms with Gasteiger partial charge in [-0.2, -0.15) is 0 Å². The van der Waals surface area contributed by atoms with Crippen molar-refractivity contribution in [2.75, 3.05) is 5.32 Å². The number of aliphatic carboxylic acids is 1. The molecule has 6 heteroatoms. The Labute approximate surface area is 145 Å². The normalized spacial score (nSPS) is 13.2. The van der Waals surface area contributed by atoms with Crippen LogP contribution in [0.2, 0.25) is 0 Å². The first-order valence-corrected chi connectivity index (χ1v) is 7.89. The second-order valence-electron chi connectivity index (χ2n) is 6.33. The molecule has 6 nitrogen and oxygen atoms in total. The molecule has 0 saturated carbocycles. The summed E-state index contributed by atoms with van der Waals surface area (Å²) >= 11 is 0. The average Bonchev–Trinajstić information content (AvgIpc) is 3.04. The zero-order valence-corrected chi connectivity index (χ0v) is 14.0. The summed E-state index contributed by atoms with van der Waals surface area (Å²) in [6, 6.07) is 12.2. The lowest BCUT2D eigenvalue weighted by Crippen LogP contribution is -2.37. The summed E-state index contributed by atoms with van der Waals surface area (Å²) in [5.74, 6) is -0.841. The van der Waals surface area contributed by atoms with E-state index >= 15 is 0 Å². The van der Waals surface area contributed by atoms with Gasteiger partial charge < -0.3 is 19.9 Å². The molecule has 25 heavy (non-hydrogen) atoms. The molecule has 0 aliphatic carbocycles. The molecule has 3 rings (SSSR count). The second kappa shape index (κ2) is 6.57. The predicted octanol–water partition coefficient (Wildman–Crippen LogP) is 3.21. The summed E-state index contributed by atoms with van der Waals surface area (Å²) in [7, 11) is 0. The van der Waals surface area contributed by atoms with Gasteiger partial charge in [0.1, 0.15) is 5.75 Å². The van der Waals surface area contributed by atoms with Gasteiger partial charge in [-0.25, -0.2) is 4.79 Å². The highest BCUT2D eigenvalue weighted by Gasteiger charge is 2.29. The average molecular weight is 341 g/mol. The van der Waals surface area contributed by atoms with E-state index in [1.165, 1.54) is 13.8 Å². The Bertz CT molecular complexity index is 811. The zero-order chi connectivity index (χ0) is 18.0. The monoisotopic (exact) mass is 341 g/mol. The van der Waals surface area contributed by atoms with Gasteiger partial charge in [0.15, 0.2) is 5.60 Å². The smallest absolute Gasteiger partial charge is 0.347 e. The van der Waals surface area contributed by atoms with Gasteiger partial charge in [-0.05, 0) is 55.3 Å². The van der Waals surface area contributed by atoms with Gasteiger partial charge in [0, 0.05) is 11.3 Å². The minimum Gasteiger partial charge on any atom is -0.478 e. The van der Waals surface area contributed by atoms with Crippen molar-refractivity contribution in [3.8, 4) is 5.75 Å². The molecule has 2 N–H and O–H groups in total. The van der Waals surface area contributed by atoms with Crippen LogP contribution >= 0.6 is 0 Å². The summed E-state index contributed by atoms with van der Waals surface area (Å²) in [6.45, 7) is 3.92. The number of hydrogen-bond acceptors (Lipinski definition) is 4. The largest absolute Gasteiger partial charge is 0.478 e. The van der Waals surface area contributed by atoms with E-state index in [0.717, 1.165) is 11.1 Å². The lowest BCUT2D eigenvalue weighted by Gasteiger charge is -2.21. The molecule has 0 unspecified atom stereocenters. The Morgan fingerprint density at radius 2 is 1.84 bits per heavy atom. The Morgan fingerprint density at radius 3 is 2.52 bits per heavy atom. The lowest BCUT2D eigenvalue weighted by molar-refractivity contribution is -0.152. The highest BCUT2D eigenvalue weighted by molar-refractivity contribution is 6.05. The fourth-order valence-corrected chi connectivity index (χ4v) is 2.56. The van der Waals surface area contributed by atoms with E-state index < -0.39 is 11.6 Å². The van der Waals surface area contributed by atoms with Gasteiger partial charge in [-0.15, -0.1) is 0 Å². The van der Waals surface area contributed by atoms with Crippen LogP contribution in [0.4, 0.5) is 5.69 Å². The Morgan fingerprint density at radius 1 is 1.12 bits per heavy atom. The number of carbonyl (C=O) groups excluding carboxylic acids is 1. The Balaban J connectivity index is 1.71. The number of carboxylic acids is 1. The summed E-state index contributed by atoms with van der Waals surface area (Å²) < 4.78 is 10.8. The number of nitrogens with one attached hydrogen (secondary N) is 1. The summed E-state index contributed by atoms with van der Waals surface area (Å²) in [5, 5.41) is 11.9. The summed E-state index contributed by atoms with van der Waals surface area (Å²) in [6.07, 6.45) is 0. The highest BCUT2D eigenvalue weighted by atomic mass is 16.5. The number of ether oxygens (including phenoxy) is 2. The molecule has 1 heterocycles. The van der Waals surface area contributed by atoms with Crippen molar-refractivity contribution in [2.45, 2.75) is 32.7 Å². The quantitative estimate of drug-likeness (QED) is 0.872. The van der Waals surface area contributed by atoms with Crippen LogP contribution in [-0.2, 0) is 22.7 Å². The molecule has 0 spiro atoms. The van der Waals surface area contributed by atoms with E-state index in [1.54, 1.807) is 30.3 Å². The molecule has 2 aromatic rings. The van der Waals surface area contributed by atoms with Gasteiger partial charge in [-0.1, -0.05) is 12.1 Å². The van der Waals surface area contributed by atoms with Crippen LogP contribution in [0.3, 0.4) is 0 Å². The van der Waals surface area contributed by atoms with E-state index in [4.69, 9.17) is 14.6 Å². The van der Waals surface area contributed by atoms with E-state index in [-0.39, 0.29) is 5.91 Å². The lowest BCUT2D eigenvalue weighted by atomic mass is 10.0. The third-order valence-corrected chi connectivity index (χ3v) is 4.02. The number of amides is 1. The minimum absolute atomic E-state index is 0.207. The Kier molecular flexibility index (Phi) is 4.46. The van der Waals surface area contributed by atoms with Crippen molar-refractivity contribution in [3.63, 3.8) is 0 Å². The molecule has 0 fully saturated rings. The van der Waals surface area contributed by atoms with Gasteiger partial charge in [0.2, 0.25) is 0 Å². The third kappa shape index (κ3) is 3.64. The number of fused-ring (bicyclic) bond motifs is 1. The van der Waals surface area contributed by atoms with Crippen molar-refractivity contribution in [1.29, 1.82) is 0 Å². The van der Waals surface area contributed by atoms with Crippen molar-refractivity contribution in [3.05, 3.63) is 59.2 Å². The number of anilines is 1. The first-order chi connectivity index (χ1) is 11.9. The fourth-order valence-electron chi connectivity index (χ4n) is 2.56. The van der Waals surface area contributed by atoms with Gasteiger partial charge in [0.25, 0.3) is 5.91 Å². The van der Waals surface area contributed by atoms with Crippen LogP contribution in [0, 0.1) is 0 Å². The molecule has 0 bridgehead atoms. The van der Waals surface area contributed by atoms with Crippen LogP contribution in [0.25, 0.3) is 0 Å². The number of carboxylic acid groups (broad SMARTS) is 1. The number of hydrogen-bond donors (Lipinski definition) is 2. The first kappa shape index (κ1) is 17.0. The third-order valence-electron chi connectivity index (χ3n) is 4.02. The van der Waals surface area contributed by atoms with Gasteiger partial charge >= 0.3 is 5.97 Å². The molecular formula is C19H19NO5. The molecule has 0 radical (unpaired) electrons. The van der Waals surface area contributed by atoms with Crippen LogP contribution in [0.5, 0.6) is 5.75 Å². The van der Waals surface area contributed by atoms with Crippen molar-refractivity contribution < 1.29 is 24.2 Å². The molecule has 1 amide bonds. The van der Waals surface area contributed by atoms with E-state index in [1.807, 2.05) is 12.1 Å². The topological polar surface area (TPSA) is 84.9 Å². The standard InChI is InChI=1S/C19H19NO5/c1-19(2,18(22)23)25-14-8-6-13(7-9-14)20-17(21)15-5-3-4-12-10-24-11-16(12)15/h3-9H,10-11H2,1-2H3,(H,20,21)(H,22,23). The molecule has 0 saturated heterocycles. The molecule has 0 aromatic heterocycles. The molecule has 130 valence electrons. The fraction of sp³-hybridized carbons (Fsp3) is 0.263. The Hall–Kier alpha value is -2.86. The van der Waals surface area contributed by atoms with Gasteiger partial charge in [-0.3, -0.25) is 4.79 Å². The molecule has 1 aliphatic rings. The highest BCUT2D eigenvalue weighted by Crippen LogP contribution is 2.25. The number of benzene rings is 2. The molecular weight excluding hydrogens is 322 g/mol. The molecule has 0 atom stereocenters. The maximum absolute atomic E-state index is 12.5. The SMILES string of the molecule is CC(C)(Oc1ccc(NC(=O)c2cccc3c2COC3)cc1)C(=O)O.